The van der Waals surface area contributed by atoms with Crippen LogP contribution in [-0.2, 0) is 10.2 Å². The molecule has 88 valence electrons. The maximum atomic E-state index is 12.1. The first-order valence-corrected chi connectivity index (χ1v) is 5.75. The maximum absolute atomic E-state index is 12.1. The molecule has 0 radical (unpaired) electrons. The van der Waals surface area contributed by atoms with Crippen LogP contribution in [0.2, 0.25) is 0 Å². The molecule has 2 aromatic carbocycles. The van der Waals surface area contributed by atoms with Crippen LogP contribution in [0.1, 0.15) is 18.1 Å². The van der Waals surface area contributed by atoms with Gasteiger partial charge in [-0.2, -0.15) is 5.26 Å². The number of rotatable bonds is 3. The minimum absolute atomic E-state index is 0.164. The summed E-state index contributed by atoms with van der Waals surface area (Å²) in [6, 6.07) is 20.6. The van der Waals surface area contributed by atoms with Gasteiger partial charge in [-0.25, -0.2) is 0 Å². The second-order valence-corrected chi connectivity index (χ2v) is 4.15. The molecular formula is C16H13NO. The third kappa shape index (κ3) is 1.80. The Labute approximate surface area is 107 Å². The molecule has 0 saturated heterocycles. The quantitative estimate of drug-likeness (QED) is 0.820. The summed E-state index contributed by atoms with van der Waals surface area (Å²) in [6.07, 6.45) is 0. The van der Waals surface area contributed by atoms with E-state index in [1.165, 1.54) is 6.92 Å². The third-order valence-corrected chi connectivity index (χ3v) is 3.11. The first-order valence-electron chi connectivity index (χ1n) is 5.75. The molecule has 0 aromatic heterocycles. The Morgan fingerprint density at radius 1 is 0.944 bits per heavy atom. The number of ketones is 1. The van der Waals surface area contributed by atoms with Crippen molar-refractivity contribution in [3.63, 3.8) is 0 Å². The van der Waals surface area contributed by atoms with Crippen molar-refractivity contribution in [1.82, 2.24) is 0 Å². The molecule has 2 heteroatoms. The molecule has 0 aliphatic carbocycles. The van der Waals surface area contributed by atoms with E-state index in [1.54, 1.807) is 0 Å². The molecule has 2 rings (SSSR count). The summed E-state index contributed by atoms with van der Waals surface area (Å²) in [6.45, 7) is 1.46. The van der Waals surface area contributed by atoms with Gasteiger partial charge in [0.05, 0.1) is 6.07 Å². The van der Waals surface area contributed by atoms with E-state index in [0.29, 0.717) is 11.1 Å². The predicted molar refractivity (Wildman–Crippen MR) is 70.0 cm³/mol. The lowest BCUT2D eigenvalue weighted by molar-refractivity contribution is -0.119. The summed E-state index contributed by atoms with van der Waals surface area (Å²) in [7, 11) is 0. The Morgan fingerprint density at radius 3 is 1.61 bits per heavy atom. The zero-order chi connectivity index (χ0) is 13.0. The Morgan fingerprint density at radius 2 is 1.33 bits per heavy atom. The van der Waals surface area contributed by atoms with Gasteiger partial charge in [-0.05, 0) is 18.1 Å². The molecule has 0 atom stereocenters. The van der Waals surface area contributed by atoms with Crippen molar-refractivity contribution in [3.8, 4) is 6.07 Å². The van der Waals surface area contributed by atoms with Crippen molar-refractivity contribution in [2.75, 3.05) is 0 Å². The minimum Gasteiger partial charge on any atom is -0.297 e. The van der Waals surface area contributed by atoms with Gasteiger partial charge in [0, 0.05) is 0 Å². The van der Waals surface area contributed by atoms with Crippen molar-refractivity contribution >= 4 is 5.78 Å². The normalized spacial score (nSPS) is 10.7. The lowest BCUT2D eigenvalue weighted by Gasteiger charge is -2.24. The molecule has 0 unspecified atom stereocenters. The van der Waals surface area contributed by atoms with E-state index < -0.39 is 5.41 Å². The molecule has 0 heterocycles. The highest BCUT2D eigenvalue weighted by Gasteiger charge is 2.39. The number of Topliss-reactive ketones (excluding diaryl/α,β-unsaturated/α-hetero) is 1. The monoisotopic (exact) mass is 235 g/mol. The van der Waals surface area contributed by atoms with E-state index in [4.69, 9.17) is 0 Å². The number of nitrogens with zero attached hydrogens (tertiary/aromatic N) is 1. The van der Waals surface area contributed by atoms with Gasteiger partial charge in [-0.1, -0.05) is 60.7 Å². The molecule has 2 nitrogen and oxygen atoms in total. The van der Waals surface area contributed by atoms with Gasteiger partial charge in [-0.3, -0.25) is 4.79 Å². The highest BCUT2D eigenvalue weighted by atomic mass is 16.1. The molecule has 0 aliphatic heterocycles. The summed E-state index contributed by atoms with van der Waals surface area (Å²) >= 11 is 0. The van der Waals surface area contributed by atoms with E-state index >= 15 is 0 Å². The van der Waals surface area contributed by atoms with Crippen molar-refractivity contribution in [3.05, 3.63) is 71.8 Å². The SMILES string of the molecule is CC(=O)C(C#N)(c1ccccc1)c1ccccc1. The van der Waals surface area contributed by atoms with E-state index in [9.17, 15) is 10.1 Å². The number of nitriles is 1. The second-order valence-electron chi connectivity index (χ2n) is 4.15. The topological polar surface area (TPSA) is 40.9 Å². The fourth-order valence-corrected chi connectivity index (χ4v) is 2.16. The summed E-state index contributed by atoms with van der Waals surface area (Å²) in [4.78, 5) is 12.1. The smallest absolute Gasteiger partial charge is 0.165 e. The highest BCUT2D eigenvalue weighted by Crippen LogP contribution is 2.32. The Kier molecular flexibility index (Phi) is 3.25. The van der Waals surface area contributed by atoms with E-state index in [-0.39, 0.29) is 5.78 Å². The van der Waals surface area contributed by atoms with Crippen LogP contribution in [0.3, 0.4) is 0 Å². The van der Waals surface area contributed by atoms with Crippen molar-refractivity contribution in [2.45, 2.75) is 12.3 Å². The average Bonchev–Trinajstić information content (AvgIpc) is 2.42. The third-order valence-electron chi connectivity index (χ3n) is 3.11. The number of carbonyl (C=O) groups excluding carboxylic acids is 1. The minimum atomic E-state index is -1.21. The zero-order valence-electron chi connectivity index (χ0n) is 10.1. The molecule has 18 heavy (non-hydrogen) atoms. The molecule has 0 N–H and O–H groups in total. The summed E-state index contributed by atoms with van der Waals surface area (Å²) in [5.41, 5.74) is 0.222. The van der Waals surface area contributed by atoms with E-state index in [0.717, 1.165) is 0 Å². The highest BCUT2D eigenvalue weighted by molar-refractivity contribution is 5.95. The summed E-state index contributed by atoms with van der Waals surface area (Å²) in [5, 5.41) is 9.58. The lowest BCUT2D eigenvalue weighted by Crippen LogP contribution is -2.33. The molecule has 0 fully saturated rings. The van der Waals surface area contributed by atoms with Gasteiger partial charge in [0.2, 0.25) is 0 Å². The Balaban J connectivity index is 2.71. The van der Waals surface area contributed by atoms with Gasteiger partial charge in [-0.15, -0.1) is 0 Å². The molecule has 0 amide bonds. The first-order chi connectivity index (χ1) is 8.71. The van der Waals surface area contributed by atoms with Gasteiger partial charge >= 0.3 is 0 Å². The number of benzene rings is 2. The fourth-order valence-electron chi connectivity index (χ4n) is 2.16. The van der Waals surface area contributed by atoms with Crippen molar-refractivity contribution in [1.29, 1.82) is 5.26 Å². The van der Waals surface area contributed by atoms with Crippen LogP contribution in [0, 0.1) is 11.3 Å². The van der Waals surface area contributed by atoms with Gasteiger partial charge < -0.3 is 0 Å². The number of hydrogen-bond donors (Lipinski definition) is 0. The van der Waals surface area contributed by atoms with Gasteiger partial charge in [0.15, 0.2) is 11.2 Å². The van der Waals surface area contributed by atoms with Gasteiger partial charge in [0.25, 0.3) is 0 Å². The molecule has 2 aromatic rings. The number of carbonyl (C=O) groups is 1. The van der Waals surface area contributed by atoms with E-state index in [2.05, 4.69) is 6.07 Å². The van der Waals surface area contributed by atoms with Crippen molar-refractivity contribution in [2.24, 2.45) is 0 Å². The van der Waals surface area contributed by atoms with Crippen LogP contribution >= 0.6 is 0 Å². The van der Waals surface area contributed by atoms with Gasteiger partial charge in [0.1, 0.15) is 0 Å². The van der Waals surface area contributed by atoms with E-state index in [1.807, 2.05) is 60.7 Å². The lowest BCUT2D eigenvalue weighted by atomic mass is 9.73. The molecule has 0 saturated carbocycles. The molecule has 0 bridgehead atoms. The second kappa shape index (κ2) is 4.85. The fraction of sp³-hybridized carbons (Fsp3) is 0.125. The van der Waals surface area contributed by atoms with Crippen LogP contribution in [0.4, 0.5) is 0 Å². The van der Waals surface area contributed by atoms with Crippen molar-refractivity contribution < 1.29 is 4.79 Å². The first kappa shape index (κ1) is 12.1. The van der Waals surface area contributed by atoms with Crippen LogP contribution in [0.5, 0.6) is 0 Å². The van der Waals surface area contributed by atoms with Crippen LogP contribution < -0.4 is 0 Å². The standard InChI is InChI=1S/C16H13NO/c1-13(18)16(12-17,14-8-4-2-5-9-14)15-10-6-3-7-11-15/h2-11H,1H3. The van der Waals surface area contributed by atoms with Crippen LogP contribution in [0.25, 0.3) is 0 Å². The van der Waals surface area contributed by atoms with Crippen LogP contribution in [0.15, 0.2) is 60.7 Å². The van der Waals surface area contributed by atoms with Crippen LogP contribution in [-0.4, -0.2) is 5.78 Å². The Bertz CT molecular complexity index is 542. The predicted octanol–water partition coefficient (Wildman–Crippen LogP) is 3.09. The maximum Gasteiger partial charge on any atom is 0.165 e. The largest absolute Gasteiger partial charge is 0.297 e. The average molecular weight is 235 g/mol. The number of hydrogen-bond acceptors (Lipinski definition) is 2. The molecule has 0 spiro atoms. The zero-order valence-corrected chi connectivity index (χ0v) is 10.1. The molecular weight excluding hydrogens is 222 g/mol. The molecule has 0 aliphatic rings. The summed E-state index contributed by atoms with van der Waals surface area (Å²) < 4.78 is 0. The summed E-state index contributed by atoms with van der Waals surface area (Å²) in [5.74, 6) is -0.164. The Hall–Kier alpha value is -2.40.